The molecule has 204 valence electrons. The third kappa shape index (κ3) is 8.15. The van der Waals surface area contributed by atoms with Gasteiger partial charge in [0.15, 0.2) is 24.1 Å². The number of fused-ring (bicyclic) bond motifs is 1. The van der Waals surface area contributed by atoms with Gasteiger partial charge < -0.3 is 19.3 Å². The SMILES string of the molecule is O=S.OCCCN(CCCOCc1ccccc1)[C@@H]1COc2c(F)ccc(F)c2[C@H]1Oc1ccc(Cl)cc1. The van der Waals surface area contributed by atoms with E-state index < -0.39 is 23.8 Å². The summed E-state index contributed by atoms with van der Waals surface area (Å²) in [5.41, 5.74) is 1.15. The fourth-order valence-electron chi connectivity index (χ4n) is 4.35. The van der Waals surface area contributed by atoms with E-state index in [2.05, 4.69) is 17.4 Å². The predicted octanol–water partition coefficient (Wildman–Crippen LogP) is 5.45. The maximum Gasteiger partial charge on any atom is 0.197 e. The first kappa shape index (κ1) is 29.9. The smallest absolute Gasteiger partial charge is 0.197 e. The summed E-state index contributed by atoms with van der Waals surface area (Å²) in [6, 6.07) is 18.4. The fraction of sp³-hybridized carbons (Fsp3) is 0.357. The second-order valence-corrected chi connectivity index (χ2v) is 9.08. The number of aliphatic hydroxyl groups excluding tert-OH is 1. The minimum Gasteiger partial charge on any atom is -0.488 e. The van der Waals surface area contributed by atoms with Crippen LogP contribution < -0.4 is 9.47 Å². The number of aliphatic hydroxyl groups is 1. The number of hydrogen-bond acceptors (Lipinski definition) is 7. The van der Waals surface area contributed by atoms with Gasteiger partial charge in [-0.25, -0.2) is 8.78 Å². The zero-order chi connectivity index (χ0) is 27.3. The van der Waals surface area contributed by atoms with Crippen LogP contribution in [-0.2, 0) is 23.9 Å². The first-order chi connectivity index (χ1) is 18.6. The Morgan fingerprint density at radius 2 is 1.66 bits per heavy atom. The van der Waals surface area contributed by atoms with E-state index in [1.165, 1.54) is 0 Å². The predicted molar refractivity (Wildman–Crippen MR) is 143 cm³/mol. The summed E-state index contributed by atoms with van der Waals surface area (Å²) in [7, 11) is 0. The van der Waals surface area contributed by atoms with Crippen molar-refractivity contribution in [3.05, 3.63) is 94.5 Å². The van der Waals surface area contributed by atoms with E-state index >= 15 is 4.39 Å². The van der Waals surface area contributed by atoms with Crippen LogP contribution in [0, 0.1) is 11.6 Å². The van der Waals surface area contributed by atoms with Crippen molar-refractivity contribution in [2.24, 2.45) is 0 Å². The minimum absolute atomic E-state index is 0.0108. The summed E-state index contributed by atoms with van der Waals surface area (Å²) in [5.74, 6) is -0.869. The van der Waals surface area contributed by atoms with Crippen LogP contribution in [0.25, 0.3) is 0 Å². The van der Waals surface area contributed by atoms with Crippen LogP contribution in [0.4, 0.5) is 8.78 Å². The van der Waals surface area contributed by atoms with Gasteiger partial charge in [0, 0.05) is 31.3 Å². The monoisotopic (exact) mass is 565 g/mol. The Hall–Kier alpha value is -2.69. The van der Waals surface area contributed by atoms with Gasteiger partial charge in [-0.15, -0.1) is 0 Å². The molecule has 1 aliphatic heterocycles. The molecule has 0 aliphatic carbocycles. The molecule has 2 atom stereocenters. The summed E-state index contributed by atoms with van der Waals surface area (Å²) in [6.07, 6.45) is 0.406. The van der Waals surface area contributed by atoms with Crippen molar-refractivity contribution in [2.45, 2.75) is 31.6 Å². The van der Waals surface area contributed by atoms with Crippen molar-refractivity contribution in [1.29, 1.82) is 0 Å². The highest BCUT2D eigenvalue weighted by atomic mass is 35.5. The molecule has 4 rings (SSSR count). The van der Waals surface area contributed by atoms with E-state index in [1.54, 1.807) is 24.3 Å². The maximum absolute atomic E-state index is 15.0. The lowest BCUT2D eigenvalue weighted by molar-refractivity contribution is 0.00533. The Bertz CT molecular complexity index is 1130. The van der Waals surface area contributed by atoms with Gasteiger partial charge in [-0.1, -0.05) is 41.9 Å². The van der Waals surface area contributed by atoms with Gasteiger partial charge in [-0.3, -0.25) is 4.90 Å². The number of nitrogens with zero attached hydrogens (tertiary/aromatic N) is 1. The van der Waals surface area contributed by atoms with Gasteiger partial charge in [-0.2, -0.15) is 4.21 Å². The molecule has 0 fully saturated rings. The highest BCUT2D eigenvalue weighted by Gasteiger charge is 2.40. The van der Waals surface area contributed by atoms with Crippen molar-refractivity contribution in [1.82, 2.24) is 4.90 Å². The van der Waals surface area contributed by atoms with Gasteiger partial charge in [-0.05, 0) is 54.8 Å². The van der Waals surface area contributed by atoms with Gasteiger partial charge in [0.25, 0.3) is 0 Å². The van der Waals surface area contributed by atoms with E-state index in [0.717, 1.165) is 17.7 Å². The zero-order valence-corrected chi connectivity index (χ0v) is 22.3. The standard InChI is InChI=1S/C28H30ClF2NO4.OS/c29-21-8-10-22(11-9-21)36-28-25(19-35-27-24(31)13-12-23(30)26(27)28)32(14-4-16-33)15-5-17-34-18-20-6-2-1-3-7-20;1-2/h1-3,6-13,25,28,33H,4-5,14-19H2;/t25-,28+;/m1./s1. The van der Waals surface area contributed by atoms with E-state index in [0.29, 0.717) is 49.9 Å². The Balaban J connectivity index is 0.00000195. The highest BCUT2D eigenvalue weighted by Crippen LogP contribution is 2.41. The summed E-state index contributed by atoms with van der Waals surface area (Å²) < 4.78 is 55.2. The molecule has 0 radical (unpaired) electrons. The van der Waals surface area contributed by atoms with Crippen LogP contribution in [0.1, 0.15) is 30.1 Å². The topological polar surface area (TPSA) is 68.2 Å². The van der Waals surface area contributed by atoms with Crippen molar-refractivity contribution in [2.75, 3.05) is 32.9 Å². The zero-order valence-electron chi connectivity index (χ0n) is 20.7. The first-order valence-corrected chi connectivity index (χ1v) is 12.9. The molecule has 0 unspecified atom stereocenters. The van der Waals surface area contributed by atoms with Gasteiger partial charge >= 0.3 is 0 Å². The van der Waals surface area contributed by atoms with Crippen molar-refractivity contribution >= 4 is 24.1 Å². The number of halogens is 3. The van der Waals surface area contributed by atoms with E-state index in [-0.39, 0.29) is 24.5 Å². The molecule has 1 aliphatic rings. The van der Waals surface area contributed by atoms with Crippen molar-refractivity contribution in [3.63, 3.8) is 0 Å². The lowest BCUT2D eigenvalue weighted by Crippen LogP contribution is -2.49. The van der Waals surface area contributed by atoms with Crippen LogP contribution in [0.3, 0.4) is 0 Å². The third-order valence-electron chi connectivity index (χ3n) is 6.12. The Kier molecular flexibility index (Phi) is 12.3. The maximum atomic E-state index is 15.0. The quantitative estimate of drug-likeness (QED) is 0.293. The van der Waals surface area contributed by atoms with Gasteiger partial charge in [0.2, 0.25) is 0 Å². The molecule has 1 N–H and O–H groups in total. The molecule has 38 heavy (non-hydrogen) atoms. The average molecular weight is 566 g/mol. The largest absolute Gasteiger partial charge is 0.488 e. The van der Waals surface area contributed by atoms with E-state index in [4.69, 9.17) is 30.0 Å². The molecule has 6 nitrogen and oxygen atoms in total. The van der Waals surface area contributed by atoms with E-state index in [1.807, 2.05) is 30.3 Å². The Morgan fingerprint density at radius 1 is 0.974 bits per heavy atom. The average Bonchev–Trinajstić information content (AvgIpc) is 2.95. The Morgan fingerprint density at radius 3 is 2.37 bits per heavy atom. The van der Waals surface area contributed by atoms with Crippen molar-refractivity contribution < 1.29 is 32.3 Å². The normalized spacial score (nSPS) is 16.2. The number of rotatable bonds is 12. The molecule has 0 bridgehead atoms. The molecule has 0 amide bonds. The summed E-state index contributed by atoms with van der Waals surface area (Å²) in [4.78, 5) is 2.09. The van der Waals surface area contributed by atoms with Gasteiger partial charge in [0.1, 0.15) is 24.3 Å². The molecule has 3 aromatic rings. The second kappa shape index (κ2) is 15.7. The highest BCUT2D eigenvalue weighted by molar-refractivity contribution is 7.44. The first-order valence-electron chi connectivity index (χ1n) is 12.2. The van der Waals surface area contributed by atoms with Crippen LogP contribution >= 0.6 is 11.6 Å². The number of ether oxygens (including phenoxy) is 3. The fourth-order valence-corrected chi connectivity index (χ4v) is 4.48. The number of benzene rings is 3. The van der Waals surface area contributed by atoms with Crippen LogP contribution in [0.2, 0.25) is 5.02 Å². The summed E-state index contributed by atoms with van der Waals surface area (Å²) in [6.45, 7) is 2.31. The molecule has 10 heteroatoms. The molecule has 0 spiro atoms. The van der Waals surface area contributed by atoms with Crippen LogP contribution in [0.15, 0.2) is 66.7 Å². The molecule has 1 heterocycles. The molecule has 3 aromatic carbocycles. The lowest BCUT2D eigenvalue weighted by Gasteiger charge is -2.40. The molecule has 0 aromatic heterocycles. The molecular formula is C28H30ClF2NO5S. The minimum atomic E-state index is -0.824. The summed E-state index contributed by atoms with van der Waals surface area (Å²) >= 11 is 8.84. The lowest BCUT2D eigenvalue weighted by atomic mass is 9.96. The van der Waals surface area contributed by atoms with Crippen LogP contribution in [-0.4, -0.2) is 53.2 Å². The van der Waals surface area contributed by atoms with E-state index in [9.17, 15) is 9.50 Å². The van der Waals surface area contributed by atoms with Crippen LogP contribution in [0.5, 0.6) is 11.5 Å². The molecule has 0 saturated heterocycles. The molecular weight excluding hydrogens is 536 g/mol. The number of hydrogen-bond donors (Lipinski definition) is 1. The molecule has 0 saturated carbocycles. The second-order valence-electron chi connectivity index (χ2n) is 8.65. The third-order valence-corrected chi connectivity index (χ3v) is 6.37. The van der Waals surface area contributed by atoms with Crippen molar-refractivity contribution in [3.8, 4) is 11.5 Å². The summed E-state index contributed by atoms with van der Waals surface area (Å²) in [5, 5.41) is 10.0. The Labute approximate surface area is 231 Å². The van der Waals surface area contributed by atoms with Gasteiger partial charge in [0.05, 0.1) is 18.2 Å².